The molecule has 0 aromatic carbocycles. The van der Waals surface area contributed by atoms with Crippen molar-refractivity contribution >= 4 is 11.8 Å². The summed E-state index contributed by atoms with van der Waals surface area (Å²) in [6, 6.07) is 0.148. The molecule has 0 amide bonds. The molecule has 1 atom stereocenters. The minimum atomic E-state index is -1.08. The molecule has 0 saturated heterocycles. The molecular weight excluding hydrogens is 210 g/mol. The fourth-order valence-electron chi connectivity index (χ4n) is 1.19. The van der Waals surface area contributed by atoms with E-state index < -0.39 is 5.97 Å². The molecule has 1 aromatic heterocycles. The maximum atomic E-state index is 10.6. The number of anilines is 1. The zero-order valence-corrected chi connectivity index (χ0v) is 9.54. The van der Waals surface area contributed by atoms with Crippen LogP contribution in [0.2, 0.25) is 0 Å². The highest BCUT2D eigenvalue weighted by molar-refractivity contribution is 5.84. The van der Waals surface area contributed by atoms with E-state index in [9.17, 15) is 4.79 Å². The Hall–Kier alpha value is -1.69. The lowest BCUT2D eigenvalue weighted by Crippen LogP contribution is -2.33. The first kappa shape index (κ1) is 12.4. The van der Waals surface area contributed by atoms with Crippen molar-refractivity contribution in [3.63, 3.8) is 0 Å². The highest BCUT2D eigenvalue weighted by Crippen LogP contribution is 2.10. The third kappa shape index (κ3) is 2.90. The molecule has 0 aliphatic heterocycles. The number of aromatic carboxylic acids is 1. The van der Waals surface area contributed by atoms with Crippen molar-refractivity contribution in [3.8, 4) is 0 Å². The van der Waals surface area contributed by atoms with E-state index in [2.05, 4.69) is 9.97 Å². The minimum Gasteiger partial charge on any atom is -0.476 e. The fourth-order valence-corrected chi connectivity index (χ4v) is 1.19. The van der Waals surface area contributed by atoms with Crippen molar-refractivity contribution in [2.45, 2.75) is 13.0 Å². The lowest BCUT2D eigenvalue weighted by molar-refractivity contribution is 0.0690. The Morgan fingerprint density at radius 1 is 1.56 bits per heavy atom. The highest BCUT2D eigenvalue weighted by Gasteiger charge is 2.12. The number of nitrogens with zero attached hydrogens (tertiary/aromatic N) is 3. The molecular formula is C10H15N3O3. The molecule has 1 aromatic rings. The van der Waals surface area contributed by atoms with Crippen LogP contribution in [0.4, 0.5) is 5.82 Å². The van der Waals surface area contributed by atoms with Gasteiger partial charge in [-0.2, -0.15) is 0 Å². The number of rotatable bonds is 5. The smallest absolute Gasteiger partial charge is 0.356 e. The van der Waals surface area contributed by atoms with Gasteiger partial charge in [-0.3, -0.25) is 0 Å². The van der Waals surface area contributed by atoms with Gasteiger partial charge in [-0.05, 0) is 6.92 Å². The second kappa shape index (κ2) is 5.41. The number of aromatic nitrogens is 2. The van der Waals surface area contributed by atoms with Crippen LogP contribution in [0, 0.1) is 0 Å². The third-order valence-electron chi connectivity index (χ3n) is 2.29. The Morgan fingerprint density at radius 2 is 2.25 bits per heavy atom. The van der Waals surface area contributed by atoms with Crippen molar-refractivity contribution < 1.29 is 14.6 Å². The summed E-state index contributed by atoms with van der Waals surface area (Å²) < 4.78 is 5.02. The minimum absolute atomic E-state index is 0.0588. The van der Waals surface area contributed by atoms with Crippen molar-refractivity contribution in [1.29, 1.82) is 0 Å². The Kier molecular flexibility index (Phi) is 4.19. The van der Waals surface area contributed by atoms with Crippen molar-refractivity contribution in [2.75, 3.05) is 25.7 Å². The summed E-state index contributed by atoms with van der Waals surface area (Å²) in [5, 5.41) is 8.67. The van der Waals surface area contributed by atoms with Gasteiger partial charge in [0, 0.05) is 14.2 Å². The van der Waals surface area contributed by atoms with Gasteiger partial charge < -0.3 is 14.7 Å². The number of carbonyl (C=O) groups is 1. The molecule has 1 unspecified atom stereocenters. The van der Waals surface area contributed by atoms with Crippen LogP contribution in [0.25, 0.3) is 0 Å². The number of hydrogen-bond acceptors (Lipinski definition) is 5. The van der Waals surface area contributed by atoms with Crippen LogP contribution >= 0.6 is 0 Å². The average Bonchev–Trinajstić information content (AvgIpc) is 2.28. The molecule has 88 valence electrons. The van der Waals surface area contributed by atoms with E-state index >= 15 is 0 Å². The molecule has 16 heavy (non-hydrogen) atoms. The molecule has 0 aliphatic rings. The van der Waals surface area contributed by atoms with Crippen LogP contribution in [-0.4, -0.2) is 47.8 Å². The molecule has 0 bridgehead atoms. The van der Waals surface area contributed by atoms with Gasteiger partial charge in [-0.25, -0.2) is 14.8 Å². The first-order valence-electron chi connectivity index (χ1n) is 4.83. The van der Waals surface area contributed by atoms with Crippen molar-refractivity contribution in [1.82, 2.24) is 9.97 Å². The third-order valence-corrected chi connectivity index (χ3v) is 2.29. The van der Waals surface area contributed by atoms with E-state index in [-0.39, 0.29) is 11.7 Å². The normalized spacial score (nSPS) is 12.2. The lowest BCUT2D eigenvalue weighted by atomic mass is 10.3. The van der Waals surface area contributed by atoms with E-state index in [0.717, 1.165) is 0 Å². The van der Waals surface area contributed by atoms with Gasteiger partial charge >= 0.3 is 5.97 Å². The maximum absolute atomic E-state index is 10.6. The number of ether oxygens (including phenoxy) is 1. The second-order valence-corrected chi connectivity index (χ2v) is 3.48. The topological polar surface area (TPSA) is 75.5 Å². The fraction of sp³-hybridized carbons (Fsp3) is 0.500. The largest absolute Gasteiger partial charge is 0.476 e. The van der Waals surface area contributed by atoms with Crippen LogP contribution < -0.4 is 4.90 Å². The number of likely N-dealkylation sites (N-methyl/N-ethyl adjacent to an activating group) is 1. The molecule has 1 heterocycles. The van der Waals surface area contributed by atoms with Crippen LogP contribution in [0.5, 0.6) is 0 Å². The SMILES string of the molecule is COCC(C)N(C)c1cnc(C(=O)O)cn1. The number of carboxylic acid groups (broad SMARTS) is 1. The predicted molar refractivity (Wildman–Crippen MR) is 58.7 cm³/mol. The van der Waals surface area contributed by atoms with Gasteiger partial charge in [0.2, 0.25) is 0 Å². The summed E-state index contributed by atoms with van der Waals surface area (Å²) in [7, 11) is 3.48. The monoisotopic (exact) mass is 225 g/mol. The zero-order chi connectivity index (χ0) is 12.1. The zero-order valence-electron chi connectivity index (χ0n) is 9.54. The molecule has 1 rings (SSSR count). The van der Waals surface area contributed by atoms with E-state index in [1.54, 1.807) is 7.11 Å². The number of carboxylic acids is 1. The summed E-state index contributed by atoms with van der Waals surface area (Å²) in [6.45, 7) is 2.55. The first-order chi connectivity index (χ1) is 7.56. The summed E-state index contributed by atoms with van der Waals surface area (Å²) in [5.41, 5.74) is -0.0588. The predicted octanol–water partition coefficient (Wildman–Crippen LogP) is 0.646. The molecule has 0 radical (unpaired) electrons. The molecule has 0 fully saturated rings. The molecule has 0 saturated carbocycles. The lowest BCUT2D eigenvalue weighted by Gasteiger charge is -2.24. The molecule has 0 aliphatic carbocycles. The van der Waals surface area contributed by atoms with Gasteiger partial charge in [0.25, 0.3) is 0 Å². The summed E-state index contributed by atoms with van der Waals surface area (Å²) >= 11 is 0. The Bertz CT molecular complexity index is 353. The molecule has 6 nitrogen and oxygen atoms in total. The van der Waals surface area contributed by atoms with Crippen LogP contribution in [0.3, 0.4) is 0 Å². The van der Waals surface area contributed by atoms with Crippen LogP contribution in [0.1, 0.15) is 17.4 Å². The molecule has 1 N–H and O–H groups in total. The van der Waals surface area contributed by atoms with E-state index in [1.165, 1.54) is 12.4 Å². The number of hydrogen-bond donors (Lipinski definition) is 1. The average molecular weight is 225 g/mol. The van der Waals surface area contributed by atoms with Gasteiger partial charge in [0.1, 0.15) is 5.82 Å². The van der Waals surface area contributed by atoms with E-state index in [0.29, 0.717) is 12.4 Å². The van der Waals surface area contributed by atoms with Crippen LogP contribution in [-0.2, 0) is 4.74 Å². The van der Waals surface area contributed by atoms with Gasteiger partial charge in [0.15, 0.2) is 5.69 Å². The summed E-state index contributed by atoms with van der Waals surface area (Å²) in [5.74, 6) is -0.457. The summed E-state index contributed by atoms with van der Waals surface area (Å²) in [6.07, 6.45) is 2.68. The standard InChI is InChI=1S/C10H15N3O3/c1-7(6-16-3)13(2)9-5-11-8(4-12-9)10(14)15/h4-5,7H,6H2,1-3H3,(H,14,15). The Balaban J connectivity index is 2.77. The Morgan fingerprint density at radius 3 is 2.69 bits per heavy atom. The van der Waals surface area contributed by atoms with Gasteiger partial charge in [-0.15, -0.1) is 0 Å². The first-order valence-corrected chi connectivity index (χ1v) is 4.83. The van der Waals surface area contributed by atoms with Crippen molar-refractivity contribution in [3.05, 3.63) is 18.1 Å². The molecule has 6 heteroatoms. The van der Waals surface area contributed by atoms with Crippen LogP contribution in [0.15, 0.2) is 12.4 Å². The highest BCUT2D eigenvalue weighted by atomic mass is 16.5. The van der Waals surface area contributed by atoms with Gasteiger partial charge in [0.05, 0.1) is 25.0 Å². The summed E-state index contributed by atoms with van der Waals surface area (Å²) in [4.78, 5) is 20.3. The Labute approximate surface area is 93.9 Å². The van der Waals surface area contributed by atoms with E-state index in [1.807, 2.05) is 18.9 Å². The van der Waals surface area contributed by atoms with Crippen molar-refractivity contribution in [2.24, 2.45) is 0 Å². The van der Waals surface area contributed by atoms with E-state index in [4.69, 9.17) is 9.84 Å². The second-order valence-electron chi connectivity index (χ2n) is 3.48. The quantitative estimate of drug-likeness (QED) is 0.792. The maximum Gasteiger partial charge on any atom is 0.356 e. The van der Waals surface area contributed by atoms with Gasteiger partial charge in [-0.1, -0.05) is 0 Å². The number of methoxy groups -OCH3 is 1. The molecule has 0 spiro atoms.